The molecule has 6 nitrogen and oxygen atoms in total. The smallest absolute Gasteiger partial charge is 0.182 e. The number of aromatic hydroxyl groups is 2. The third kappa shape index (κ3) is 6.46. The Labute approximate surface area is 202 Å². The van der Waals surface area contributed by atoms with Crippen molar-refractivity contribution in [2.45, 2.75) is 33.1 Å². The number of nitrogens with one attached hydrogen (secondary N) is 2. The first-order valence-electron chi connectivity index (χ1n) is 10.9. The molecule has 0 saturated carbocycles. The van der Waals surface area contributed by atoms with Crippen molar-refractivity contribution in [1.29, 1.82) is 0 Å². The largest absolute Gasteiger partial charge is 0.508 e. The van der Waals surface area contributed by atoms with E-state index in [0.29, 0.717) is 24.3 Å². The Morgan fingerprint density at radius 2 is 1.18 bits per heavy atom. The van der Waals surface area contributed by atoms with Gasteiger partial charge in [0.05, 0.1) is 0 Å². The van der Waals surface area contributed by atoms with E-state index >= 15 is 0 Å². The number of benzene rings is 2. The lowest BCUT2D eigenvalue weighted by atomic mass is 10.1. The maximum atomic E-state index is 10.0. The van der Waals surface area contributed by atoms with E-state index in [1.807, 2.05) is 50.5 Å². The minimum atomic E-state index is 0.329. The monoisotopic (exact) mass is 480 g/mol. The summed E-state index contributed by atoms with van der Waals surface area (Å²) in [5.41, 5.74) is 4.13. The van der Waals surface area contributed by atoms with Gasteiger partial charge in [-0.05, 0) is 43.5 Å². The lowest BCUT2D eigenvalue weighted by Gasteiger charge is -2.05. The van der Waals surface area contributed by atoms with Crippen LogP contribution in [0.5, 0.6) is 11.5 Å². The molecule has 4 rings (SSSR count). The van der Waals surface area contributed by atoms with E-state index in [9.17, 15) is 10.2 Å². The number of phenolic OH excluding ortho intramolecular Hbond substituents is 2. The molecule has 0 amide bonds. The van der Waals surface area contributed by atoms with Crippen LogP contribution in [0.3, 0.4) is 0 Å². The van der Waals surface area contributed by atoms with E-state index in [1.54, 1.807) is 34.8 Å². The topological polar surface area (TPSA) is 90.3 Å². The zero-order valence-electron chi connectivity index (χ0n) is 18.8. The van der Waals surface area contributed by atoms with Gasteiger partial charge in [-0.2, -0.15) is 0 Å². The molecule has 172 valence electrons. The Morgan fingerprint density at radius 3 is 1.64 bits per heavy atom. The molecule has 2 heterocycles. The standard InChI is InChI=1S/C25H28N4O2S2/c1-16-4-6-22(30)18(10-16)12-20-14-28-24(32-20)26-8-3-9-27-25-29-15-21(33-25)13-19-11-17(2)5-7-23(19)31/h4-7,10-11,14-15,30-31H,3,8-9,12-13H2,1-2H3,(H,26,28)(H,27,29). The van der Waals surface area contributed by atoms with Crippen molar-refractivity contribution in [1.82, 2.24) is 9.97 Å². The second-order valence-electron chi connectivity index (χ2n) is 8.09. The summed E-state index contributed by atoms with van der Waals surface area (Å²) < 4.78 is 0. The summed E-state index contributed by atoms with van der Waals surface area (Å²) in [6.07, 6.45) is 6.04. The third-order valence-corrected chi connectivity index (χ3v) is 7.12. The molecule has 4 N–H and O–H groups in total. The van der Waals surface area contributed by atoms with Crippen molar-refractivity contribution in [3.8, 4) is 11.5 Å². The number of rotatable bonds is 10. The summed E-state index contributed by atoms with van der Waals surface area (Å²) in [4.78, 5) is 11.1. The van der Waals surface area contributed by atoms with Crippen molar-refractivity contribution in [3.05, 3.63) is 80.8 Å². The van der Waals surface area contributed by atoms with Crippen LogP contribution >= 0.6 is 22.7 Å². The first-order valence-corrected chi connectivity index (χ1v) is 12.5. The van der Waals surface area contributed by atoms with Crippen LogP contribution in [-0.4, -0.2) is 33.3 Å². The summed E-state index contributed by atoms with van der Waals surface area (Å²) in [7, 11) is 0. The molecular weight excluding hydrogens is 452 g/mol. The first kappa shape index (κ1) is 23.1. The van der Waals surface area contributed by atoms with Crippen LogP contribution < -0.4 is 10.6 Å². The van der Waals surface area contributed by atoms with Gasteiger partial charge >= 0.3 is 0 Å². The predicted octanol–water partition coefficient (Wildman–Crippen LogP) is 5.72. The molecule has 0 aliphatic heterocycles. The number of phenols is 2. The molecule has 2 aromatic heterocycles. The highest BCUT2D eigenvalue weighted by Crippen LogP contribution is 2.27. The fraction of sp³-hybridized carbons (Fsp3) is 0.280. The maximum absolute atomic E-state index is 10.0. The van der Waals surface area contributed by atoms with Crippen molar-refractivity contribution < 1.29 is 10.2 Å². The zero-order chi connectivity index (χ0) is 23.2. The van der Waals surface area contributed by atoms with E-state index in [0.717, 1.165) is 61.8 Å². The van der Waals surface area contributed by atoms with Gasteiger partial charge < -0.3 is 20.8 Å². The van der Waals surface area contributed by atoms with E-state index in [-0.39, 0.29) is 0 Å². The van der Waals surface area contributed by atoms with Gasteiger partial charge in [0.1, 0.15) is 11.5 Å². The fourth-order valence-electron chi connectivity index (χ4n) is 3.51. The average Bonchev–Trinajstić information content (AvgIpc) is 3.42. The van der Waals surface area contributed by atoms with Crippen molar-refractivity contribution in [2.24, 2.45) is 0 Å². The van der Waals surface area contributed by atoms with Crippen molar-refractivity contribution in [2.75, 3.05) is 23.7 Å². The van der Waals surface area contributed by atoms with Crippen LogP contribution in [0.25, 0.3) is 0 Å². The van der Waals surface area contributed by atoms with Crippen LogP contribution in [0.2, 0.25) is 0 Å². The molecule has 8 heteroatoms. The van der Waals surface area contributed by atoms with E-state index in [2.05, 4.69) is 20.6 Å². The number of hydrogen-bond donors (Lipinski definition) is 4. The molecule has 2 aromatic carbocycles. The Balaban J connectivity index is 1.19. The normalized spacial score (nSPS) is 11.0. The van der Waals surface area contributed by atoms with E-state index in [1.165, 1.54) is 0 Å². The summed E-state index contributed by atoms with van der Waals surface area (Å²) >= 11 is 3.24. The molecule has 0 atom stereocenters. The second-order valence-corrected chi connectivity index (χ2v) is 10.3. The highest BCUT2D eigenvalue weighted by molar-refractivity contribution is 7.15. The minimum absolute atomic E-state index is 0.329. The maximum Gasteiger partial charge on any atom is 0.182 e. The fourth-order valence-corrected chi connectivity index (χ4v) is 5.23. The quantitative estimate of drug-likeness (QED) is 0.217. The Bertz CT molecular complexity index is 1130. The molecule has 0 saturated heterocycles. The van der Waals surface area contributed by atoms with Crippen LogP contribution in [0.1, 0.15) is 38.4 Å². The van der Waals surface area contributed by atoms with Crippen LogP contribution in [0.15, 0.2) is 48.8 Å². The molecule has 0 spiro atoms. The molecule has 0 fully saturated rings. The average molecular weight is 481 g/mol. The molecule has 0 bridgehead atoms. The molecular formula is C25H28N4O2S2. The lowest BCUT2D eigenvalue weighted by Crippen LogP contribution is -2.08. The Morgan fingerprint density at radius 1 is 0.727 bits per heavy atom. The van der Waals surface area contributed by atoms with Gasteiger partial charge in [-0.25, -0.2) is 9.97 Å². The molecule has 0 unspecified atom stereocenters. The number of aryl methyl sites for hydroxylation is 2. The summed E-state index contributed by atoms with van der Waals surface area (Å²) in [6.45, 7) is 5.67. The van der Waals surface area contributed by atoms with Crippen molar-refractivity contribution in [3.63, 3.8) is 0 Å². The highest BCUT2D eigenvalue weighted by atomic mass is 32.1. The van der Waals surface area contributed by atoms with E-state index in [4.69, 9.17) is 0 Å². The zero-order valence-corrected chi connectivity index (χ0v) is 20.4. The summed E-state index contributed by atoms with van der Waals surface area (Å²) in [5.74, 6) is 0.659. The van der Waals surface area contributed by atoms with Gasteiger partial charge in [0, 0.05) is 48.1 Å². The second kappa shape index (κ2) is 10.7. The van der Waals surface area contributed by atoms with Gasteiger partial charge in [-0.3, -0.25) is 0 Å². The molecule has 0 aliphatic carbocycles. The molecule has 0 aliphatic rings. The SMILES string of the molecule is Cc1ccc(O)c(Cc2cnc(NCCCNc3ncc(Cc4cc(C)ccc4O)s3)s2)c1. The number of anilines is 2. The van der Waals surface area contributed by atoms with Crippen LogP contribution in [0.4, 0.5) is 10.3 Å². The van der Waals surface area contributed by atoms with E-state index < -0.39 is 0 Å². The first-order chi connectivity index (χ1) is 16.0. The van der Waals surface area contributed by atoms with Crippen LogP contribution in [-0.2, 0) is 12.8 Å². The number of hydrogen-bond acceptors (Lipinski definition) is 8. The molecule has 0 radical (unpaired) electrons. The van der Waals surface area contributed by atoms with Gasteiger partial charge in [0.25, 0.3) is 0 Å². The molecule has 33 heavy (non-hydrogen) atoms. The minimum Gasteiger partial charge on any atom is -0.508 e. The van der Waals surface area contributed by atoms with Gasteiger partial charge in [-0.15, -0.1) is 22.7 Å². The predicted molar refractivity (Wildman–Crippen MR) is 137 cm³/mol. The number of aromatic nitrogens is 2. The highest BCUT2D eigenvalue weighted by Gasteiger charge is 2.08. The van der Waals surface area contributed by atoms with Crippen LogP contribution in [0, 0.1) is 13.8 Å². The Kier molecular flexibility index (Phi) is 7.47. The van der Waals surface area contributed by atoms with Gasteiger partial charge in [0.2, 0.25) is 0 Å². The lowest BCUT2D eigenvalue weighted by molar-refractivity contribution is 0.469. The van der Waals surface area contributed by atoms with Gasteiger partial charge in [0.15, 0.2) is 10.3 Å². The van der Waals surface area contributed by atoms with Crippen molar-refractivity contribution >= 4 is 32.9 Å². The number of nitrogens with zero attached hydrogens (tertiary/aromatic N) is 2. The number of thiazole rings is 2. The third-order valence-electron chi connectivity index (χ3n) is 5.21. The van der Waals surface area contributed by atoms with Gasteiger partial charge in [-0.1, -0.05) is 35.4 Å². The Hall–Kier alpha value is -3.10. The molecule has 4 aromatic rings. The summed E-state index contributed by atoms with van der Waals surface area (Å²) in [5, 5.41) is 28.6. The summed E-state index contributed by atoms with van der Waals surface area (Å²) in [6, 6.07) is 11.3.